The molecule has 1 unspecified atom stereocenters. The van der Waals surface area contributed by atoms with Gasteiger partial charge in [0.25, 0.3) is 0 Å². The fraction of sp³-hybridized carbons (Fsp3) is 0.750. The Morgan fingerprint density at radius 3 is 2.75 bits per heavy atom. The first-order valence-electron chi connectivity index (χ1n) is 4.50. The third kappa shape index (κ3) is 0.948. The zero-order chi connectivity index (χ0) is 7.97. The van der Waals surface area contributed by atoms with Crippen molar-refractivity contribution in [3.8, 4) is 0 Å². The third-order valence-electron chi connectivity index (χ3n) is 2.52. The summed E-state index contributed by atoms with van der Waals surface area (Å²) in [5.41, 5.74) is 0. The van der Waals surface area contributed by atoms with Crippen molar-refractivity contribution in [1.29, 1.82) is 0 Å². The molecule has 4 nitrogen and oxygen atoms in total. The van der Waals surface area contributed by atoms with Crippen LogP contribution >= 0.6 is 0 Å². The van der Waals surface area contributed by atoms with E-state index in [2.05, 4.69) is 15.5 Å². The highest BCUT2D eigenvalue weighted by Crippen LogP contribution is 2.38. The largest absolute Gasteiger partial charge is 0.338 e. The minimum Gasteiger partial charge on any atom is -0.338 e. The summed E-state index contributed by atoms with van der Waals surface area (Å²) in [5, 5.41) is 7.19. The summed E-state index contributed by atoms with van der Waals surface area (Å²) in [6.07, 6.45) is 3.60. The molecular weight excluding hydrogens is 154 g/mol. The van der Waals surface area contributed by atoms with Gasteiger partial charge in [-0.05, 0) is 25.8 Å². The lowest BCUT2D eigenvalue weighted by molar-refractivity contribution is 0.272. The van der Waals surface area contributed by atoms with Gasteiger partial charge in [0.2, 0.25) is 5.89 Å². The quantitative estimate of drug-likeness (QED) is 0.709. The van der Waals surface area contributed by atoms with E-state index in [4.69, 9.17) is 4.52 Å². The van der Waals surface area contributed by atoms with Gasteiger partial charge in [0, 0.05) is 5.92 Å². The highest BCUT2D eigenvalue weighted by Gasteiger charge is 2.31. The van der Waals surface area contributed by atoms with Crippen LogP contribution in [0.4, 0.5) is 0 Å². The van der Waals surface area contributed by atoms with E-state index in [1.807, 2.05) is 0 Å². The van der Waals surface area contributed by atoms with Crippen LogP contribution in [0.25, 0.3) is 0 Å². The summed E-state index contributed by atoms with van der Waals surface area (Å²) in [5.74, 6) is 2.30. The SMILES string of the molecule is C1CC(c2nc(C3CC3)no2)N1. The fourth-order valence-corrected chi connectivity index (χ4v) is 1.40. The standard InChI is InChI=1S/C8H11N3O/c1-2-5(1)7-10-8(12-11-7)6-3-4-9-6/h5-6,9H,1-4H2. The molecule has 0 amide bonds. The van der Waals surface area contributed by atoms with Gasteiger partial charge in [-0.1, -0.05) is 5.16 Å². The molecule has 1 saturated carbocycles. The lowest BCUT2D eigenvalue weighted by atomic mass is 10.1. The van der Waals surface area contributed by atoms with Gasteiger partial charge >= 0.3 is 0 Å². The van der Waals surface area contributed by atoms with Gasteiger partial charge in [0.15, 0.2) is 5.82 Å². The molecule has 3 rings (SSSR count). The summed E-state index contributed by atoms with van der Waals surface area (Å²) >= 11 is 0. The molecule has 1 aliphatic heterocycles. The third-order valence-corrected chi connectivity index (χ3v) is 2.52. The molecule has 2 aliphatic rings. The Kier molecular flexibility index (Phi) is 1.26. The van der Waals surface area contributed by atoms with Gasteiger partial charge in [-0.15, -0.1) is 0 Å². The van der Waals surface area contributed by atoms with E-state index in [0.29, 0.717) is 12.0 Å². The monoisotopic (exact) mass is 165 g/mol. The molecule has 12 heavy (non-hydrogen) atoms. The maximum atomic E-state index is 5.15. The number of nitrogens with zero attached hydrogens (tertiary/aromatic N) is 2. The van der Waals surface area contributed by atoms with Crippen molar-refractivity contribution < 1.29 is 4.52 Å². The van der Waals surface area contributed by atoms with Crippen LogP contribution in [0.5, 0.6) is 0 Å². The first-order chi connectivity index (χ1) is 5.93. The average Bonchev–Trinajstić information content (AvgIpc) is 2.70. The number of nitrogens with one attached hydrogen (secondary N) is 1. The van der Waals surface area contributed by atoms with Crippen molar-refractivity contribution in [2.45, 2.75) is 31.2 Å². The van der Waals surface area contributed by atoms with Crippen LogP contribution in [0.2, 0.25) is 0 Å². The molecule has 1 aromatic rings. The average molecular weight is 165 g/mol. The van der Waals surface area contributed by atoms with E-state index in [9.17, 15) is 0 Å². The first-order valence-corrected chi connectivity index (χ1v) is 4.50. The Labute approximate surface area is 70.3 Å². The Bertz CT molecular complexity index is 288. The maximum Gasteiger partial charge on any atom is 0.243 e. The molecule has 0 spiro atoms. The molecule has 1 aliphatic carbocycles. The van der Waals surface area contributed by atoms with Gasteiger partial charge in [-0.25, -0.2) is 0 Å². The Morgan fingerprint density at radius 1 is 1.33 bits per heavy atom. The second kappa shape index (κ2) is 2.29. The lowest BCUT2D eigenvalue weighted by Gasteiger charge is -2.23. The van der Waals surface area contributed by atoms with Gasteiger partial charge in [-0.3, -0.25) is 0 Å². The predicted molar refractivity (Wildman–Crippen MR) is 41.6 cm³/mol. The van der Waals surface area contributed by atoms with Gasteiger partial charge in [-0.2, -0.15) is 4.98 Å². The van der Waals surface area contributed by atoms with Crippen LogP contribution < -0.4 is 5.32 Å². The van der Waals surface area contributed by atoms with Gasteiger partial charge in [0.05, 0.1) is 6.04 Å². The minimum atomic E-state index is 0.338. The normalized spacial score (nSPS) is 28.5. The maximum absolute atomic E-state index is 5.15. The van der Waals surface area contributed by atoms with E-state index in [1.54, 1.807) is 0 Å². The minimum absolute atomic E-state index is 0.338. The molecule has 0 radical (unpaired) electrons. The van der Waals surface area contributed by atoms with E-state index in [-0.39, 0.29) is 0 Å². The summed E-state index contributed by atoms with van der Waals surface area (Å²) in [6.45, 7) is 1.08. The molecule has 4 heteroatoms. The van der Waals surface area contributed by atoms with E-state index >= 15 is 0 Å². The van der Waals surface area contributed by atoms with Crippen molar-refractivity contribution in [3.05, 3.63) is 11.7 Å². The van der Waals surface area contributed by atoms with Crippen LogP contribution in [0, 0.1) is 0 Å². The smallest absolute Gasteiger partial charge is 0.243 e. The fourth-order valence-electron chi connectivity index (χ4n) is 1.40. The molecular formula is C8H11N3O. The van der Waals surface area contributed by atoms with Crippen molar-refractivity contribution in [2.75, 3.05) is 6.54 Å². The topological polar surface area (TPSA) is 51.0 Å². The van der Waals surface area contributed by atoms with Gasteiger partial charge < -0.3 is 9.84 Å². The highest BCUT2D eigenvalue weighted by molar-refractivity contribution is 5.06. The summed E-state index contributed by atoms with van der Waals surface area (Å²) in [4.78, 5) is 4.35. The molecule has 1 aromatic heterocycles. The Hall–Kier alpha value is -0.900. The zero-order valence-corrected chi connectivity index (χ0v) is 6.79. The first kappa shape index (κ1) is 6.60. The Balaban J connectivity index is 1.81. The predicted octanol–water partition coefficient (Wildman–Crippen LogP) is 0.981. The van der Waals surface area contributed by atoms with Crippen molar-refractivity contribution in [1.82, 2.24) is 15.5 Å². The van der Waals surface area contributed by atoms with Crippen LogP contribution in [0.1, 0.15) is 42.9 Å². The van der Waals surface area contributed by atoms with E-state index in [1.165, 1.54) is 12.8 Å². The van der Waals surface area contributed by atoms with Crippen molar-refractivity contribution in [3.63, 3.8) is 0 Å². The molecule has 1 saturated heterocycles. The van der Waals surface area contributed by atoms with E-state index in [0.717, 1.165) is 24.7 Å². The number of aromatic nitrogens is 2. The van der Waals surface area contributed by atoms with Crippen LogP contribution in [0.15, 0.2) is 4.52 Å². The van der Waals surface area contributed by atoms with Crippen LogP contribution in [0.3, 0.4) is 0 Å². The van der Waals surface area contributed by atoms with E-state index < -0.39 is 0 Å². The number of hydrogen-bond donors (Lipinski definition) is 1. The molecule has 0 aromatic carbocycles. The second-order valence-electron chi connectivity index (χ2n) is 3.56. The summed E-state index contributed by atoms with van der Waals surface area (Å²) < 4.78 is 5.15. The lowest BCUT2D eigenvalue weighted by Crippen LogP contribution is -2.35. The number of rotatable bonds is 2. The Morgan fingerprint density at radius 2 is 2.17 bits per heavy atom. The van der Waals surface area contributed by atoms with Crippen LogP contribution in [-0.4, -0.2) is 16.7 Å². The molecule has 64 valence electrons. The van der Waals surface area contributed by atoms with Crippen LogP contribution in [-0.2, 0) is 0 Å². The molecule has 1 atom stereocenters. The molecule has 2 heterocycles. The van der Waals surface area contributed by atoms with Gasteiger partial charge in [0.1, 0.15) is 0 Å². The molecule has 1 N–H and O–H groups in total. The second-order valence-corrected chi connectivity index (χ2v) is 3.56. The van der Waals surface area contributed by atoms with Crippen molar-refractivity contribution >= 4 is 0 Å². The molecule has 2 fully saturated rings. The summed E-state index contributed by atoms with van der Waals surface area (Å²) in [7, 11) is 0. The van der Waals surface area contributed by atoms with Crippen molar-refractivity contribution in [2.24, 2.45) is 0 Å². The number of hydrogen-bond acceptors (Lipinski definition) is 4. The molecule has 0 bridgehead atoms. The zero-order valence-electron chi connectivity index (χ0n) is 6.79. The highest BCUT2D eigenvalue weighted by atomic mass is 16.5. The summed E-state index contributed by atoms with van der Waals surface area (Å²) in [6, 6.07) is 0.338.